The molecule has 0 unspecified atom stereocenters. The highest BCUT2D eigenvalue weighted by Crippen LogP contribution is 2.45. The van der Waals surface area contributed by atoms with Gasteiger partial charge in [0.05, 0.1) is 5.69 Å². The van der Waals surface area contributed by atoms with Crippen LogP contribution in [0.15, 0.2) is 152 Å². The molecule has 0 radical (unpaired) electrons. The van der Waals surface area contributed by atoms with Gasteiger partial charge in [0.15, 0.2) is 0 Å². The van der Waals surface area contributed by atoms with Crippen LogP contribution in [0.25, 0.3) is 52.8 Å². The summed E-state index contributed by atoms with van der Waals surface area (Å²) >= 11 is 1.89. The highest BCUT2D eigenvalue weighted by Gasteiger charge is 2.18. The molecular weight excluding hydrogens is 502 g/mol. The number of nitrogens with zero attached hydrogens (tertiary/aromatic N) is 1. The second-order valence-corrected chi connectivity index (χ2v) is 11.2. The van der Waals surface area contributed by atoms with E-state index in [9.17, 15) is 0 Å². The normalized spacial score (nSPS) is 11.5. The van der Waals surface area contributed by atoms with Crippen molar-refractivity contribution in [1.82, 2.24) is 0 Å². The van der Waals surface area contributed by atoms with Crippen molar-refractivity contribution in [2.24, 2.45) is 0 Å². The fourth-order valence-corrected chi connectivity index (χ4v) is 7.26. The smallest absolute Gasteiger partial charge is 0.0554 e. The molecule has 1 nitrogen and oxygen atoms in total. The van der Waals surface area contributed by atoms with Gasteiger partial charge in [-0.2, -0.15) is 0 Å². The predicted molar refractivity (Wildman–Crippen MR) is 174 cm³/mol. The van der Waals surface area contributed by atoms with Crippen LogP contribution >= 0.6 is 11.3 Å². The van der Waals surface area contributed by atoms with Crippen molar-refractivity contribution >= 4 is 70.1 Å². The lowest BCUT2D eigenvalue weighted by atomic mass is 9.98. The zero-order valence-corrected chi connectivity index (χ0v) is 22.6. The number of thiophene rings is 1. The first-order chi connectivity index (χ1) is 19.8. The van der Waals surface area contributed by atoms with Crippen LogP contribution in [-0.2, 0) is 0 Å². The average Bonchev–Trinajstić information content (AvgIpc) is 3.41. The first-order valence-electron chi connectivity index (χ1n) is 13.6. The van der Waals surface area contributed by atoms with Crippen LogP contribution in [0.3, 0.4) is 0 Å². The van der Waals surface area contributed by atoms with Crippen LogP contribution in [0, 0.1) is 0 Å². The van der Waals surface area contributed by atoms with Gasteiger partial charge in [-0.05, 0) is 63.7 Å². The Morgan fingerprint density at radius 1 is 0.425 bits per heavy atom. The summed E-state index contributed by atoms with van der Waals surface area (Å²) in [5.74, 6) is 0. The van der Waals surface area contributed by atoms with Crippen molar-refractivity contribution < 1.29 is 0 Å². The molecule has 188 valence electrons. The first kappa shape index (κ1) is 23.0. The van der Waals surface area contributed by atoms with Gasteiger partial charge in [0.1, 0.15) is 0 Å². The van der Waals surface area contributed by atoms with Crippen molar-refractivity contribution in [2.75, 3.05) is 4.90 Å². The summed E-state index contributed by atoms with van der Waals surface area (Å²) < 4.78 is 2.66. The van der Waals surface area contributed by atoms with Crippen LogP contribution < -0.4 is 4.90 Å². The summed E-state index contributed by atoms with van der Waals surface area (Å²) in [4.78, 5) is 2.40. The third kappa shape index (κ3) is 3.69. The molecule has 0 amide bonds. The van der Waals surface area contributed by atoms with Gasteiger partial charge in [-0.1, -0.05) is 115 Å². The molecule has 2 heteroatoms. The molecule has 0 bridgehead atoms. The van der Waals surface area contributed by atoms with E-state index in [4.69, 9.17) is 0 Å². The second kappa shape index (κ2) is 9.37. The third-order valence-corrected chi connectivity index (χ3v) is 9.05. The van der Waals surface area contributed by atoms with Crippen LogP contribution in [0.2, 0.25) is 0 Å². The summed E-state index contributed by atoms with van der Waals surface area (Å²) in [6, 6.07) is 54.9. The molecule has 0 atom stereocenters. The number of anilines is 3. The highest BCUT2D eigenvalue weighted by molar-refractivity contribution is 7.26. The molecule has 7 aromatic carbocycles. The van der Waals surface area contributed by atoms with E-state index in [0.717, 1.165) is 11.4 Å². The molecule has 0 aliphatic heterocycles. The Labute approximate surface area is 237 Å². The minimum absolute atomic E-state index is 1.14. The molecule has 1 aromatic heterocycles. The molecule has 0 fully saturated rings. The van der Waals surface area contributed by atoms with E-state index in [1.165, 1.54) is 58.5 Å². The quantitative estimate of drug-likeness (QED) is 0.220. The maximum absolute atomic E-state index is 2.40. The molecule has 0 saturated heterocycles. The second-order valence-electron chi connectivity index (χ2n) is 10.2. The zero-order chi connectivity index (χ0) is 26.5. The molecule has 0 aliphatic carbocycles. The van der Waals surface area contributed by atoms with Crippen LogP contribution in [-0.4, -0.2) is 0 Å². The molecule has 0 spiro atoms. The summed E-state index contributed by atoms with van der Waals surface area (Å²) in [6.45, 7) is 0. The van der Waals surface area contributed by atoms with E-state index < -0.39 is 0 Å². The van der Waals surface area contributed by atoms with E-state index >= 15 is 0 Å². The molecular formula is C38H25NS. The molecule has 0 aliphatic rings. The van der Waals surface area contributed by atoms with Gasteiger partial charge in [-0.15, -0.1) is 11.3 Å². The topological polar surface area (TPSA) is 3.24 Å². The fourth-order valence-electron chi connectivity index (χ4n) is 5.99. The van der Waals surface area contributed by atoms with Gasteiger partial charge in [-0.25, -0.2) is 0 Å². The van der Waals surface area contributed by atoms with Crippen molar-refractivity contribution in [3.05, 3.63) is 152 Å². The van der Waals surface area contributed by atoms with E-state index in [1.807, 2.05) is 11.3 Å². The van der Waals surface area contributed by atoms with E-state index in [2.05, 4.69) is 157 Å². The lowest BCUT2D eigenvalue weighted by molar-refractivity contribution is 1.30. The SMILES string of the molecule is c1ccc(N(c2ccc(-c3cccc4ccccc34)cc2)c2cccc3ccc4c5ccccc5sc4c23)cc1. The third-order valence-electron chi connectivity index (χ3n) is 7.85. The number of hydrogen-bond donors (Lipinski definition) is 0. The summed E-state index contributed by atoms with van der Waals surface area (Å²) in [5, 5.41) is 7.73. The van der Waals surface area contributed by atoms with Crippen molar-refractivity contribution in [1.29, 1.82) is 0 Å². The lowest BCUT2D eigenvalue weighted by Gasteiger charge is -2.27. The predicted octanol–water partition coefficient (Wildman–Crippen LogP) is 11.5. The molecule has 8 aromatic rings. The van der Waals surface area contributed by atoms with Crippen molar-refractivity contribution in [2.45, 2.75) is 0 Å². The van der Waals surface area contributed by atoms with Gasteiger partial charge in [0.25, 0.3) is 0 Å². The first-order valence-corrected chi connectivity index (χ1v) is 14.4. The van der Waals surface area contributed by atoms with Crippen molar-refractivity contribution in [3.8, 4) is 11.1 Å². The van der Waals surface area contributed by atoms with E-state index in [-0.39, 0.29) is 0 Å². The standard InChI is InChI=1S/C38H25NS/c1-2-13-29(14-3-1)39(30-23-20-27(21-24-30)32-17-8-11-26-10-4-5-15-31(26)32)35-18-9-12-28-22-25-34-33-16-6-7-19-36(33)40-38(34)37(28)35/h1-25H. The number of para-hydroxylation sites is 1. The number of benzene rings is 7. The Kier molecular flexibility index (Phi) is 5.39. The molecule has 8 rings (SSSR count). The maximum atomic E-state index is 2.40. The number of fused-ring (bicyclic) bond motifs is 6. The van der Waals surface area contributed by atoms with Crippen LogP contribution in [0.5, 0.6) is 0 Å². The fraction of sp³-hybridized carbons (Fsp3) is 0. The summed E-state index contributed by atoms with van der Waals surface area (Å²) in [6.07, 6.45) is 0. The Bertz CT molecular complexity index is 2150. The Morgan fingerprint density at radius 3 is 1.98 bits per heavy atom. The maximum Gasteiger partial charge on any atom is 0.0554 e. The molecule has 40 heavy (non-hydrogen) atoms. The van der Waals surface area contributed by atoms with E-state index in [0.29, 0.717) is 0 Å². The Hall–Kier alpha value is -4.92. The minimum atomic E-state index is 1.14. The minimum Gasteiger partial charge on any atom is -0.310 e. The summed E-state index contributed by atoms with van der Waals surface area (Å²) in [5.41, 5.74) is 5.96. The number of hydrogen-bond acceptors (Lipinski definition) is 2. The van der Waals surface area contributed by atoms with Crippen LogP contribution in [0.1, 0.15) is 0 Å². The van der Waals surface area contributed by atoms with Gasteiger partial charge >= 0.3 is 0 Å². The Balaban J connectivity index is 1.35. The van der Waals surface area contributed by atoms with Gasteiger partial charge < -0.3 is 4.90 Å². The van der Waals surface area contributed by atoms with E-state index in [1.54, 1.807) is 0 Å². The number of rotatable bonds is 4. The molecule has 1 heterocycles. The zero-order valence-electron chi connectivity index (χ0n) is 21.8. The van der Waals surface area contributed by atoms with Gasteiger partial charge in [-0.3, -0.25) is 0 Å². The average molecular weight is 528 g/mol. The Morgan fingerprint density at radius 2 is 1.10 bits per heavy atom. The monoisotopic (exact) mass is 527 g/mol. The molecule has 0 N–H and O–H groups in total. The van der Waals surface area contributed by atoms with Crippen LogP contribution in [0.4, 0.5) is 17.1 Å². The lowest BCUT2D eigenvalue weighted by Crippen LogP contribution is -2.10. The van der Waals surface area contributed by atoms with Gasteiger partial charge in [0, 0.05) is 36.9 Å². The van der Waals surface area contributed by atoms with Crippen molar-refractivity contribution in [3.63, 3.8) is 0 Å². The molecule has 0 saturated carbocycles. The highest BCUT2D eigenvalue weighted by atomic mass is 32.1. The largest absolute Gasteiger partial charge is 0.310 e. The van der Waals surface area contributed by atoms with Gasteiger partial charge in [0.2, 0.25) is 0 Å². The summed E-state index contributed by atoms with van der Waals surface area (Å²) in [7, 11) is 0.